The number of alkyl halides is 1. The number of halogens is 1. The van der Waals surface area contributed by atoms with E-state index in [1.807, 2.05) is 18.2 Å². The number of fused-ring (bicyclic) bond motifs is 2. The molecule has 2 heterocycles. The third-order valence-corrected chi connectivity index (χ3v) is 5.44. The normalized spacial score (nSPS) is 29.3. The Morgan fingerprint density at radius 1 is 1.30 bits per heavy atom. The number of thiocarbonyl (C=S) groups is 1. The summed E-state index contributed by atoms with van der Waals surface area (Å²) in [6.07, 6.45) is 2.47. The fraction of sp³-hybridized carbons (Fsp3) is 0.500. The highest BCUT2D eigenvalue weighted by molar-refractivity contribution is 7.80. The molecule has 23 heavy (non-hydrogen) atoms. The molecule has 0 spiro atoms. The number of hydrogen-bond acceptors (Lipinski definition) is 4. The molecule has 0 radical (unpaired) electrons. The van der Waals surface area contributed by atoms with E-state index in [0.29, 0.717) is 17.4 Å². The molecule has 1 aromatic rings. The van der Waals surface area contributed by atoms with Crippen molar-refractivity contribution >= 4 is 34.8 Å². The number of benzene rings is 1. The van der Waals surface area contributed by atoms with Crippen LogP contribution in [0.3, 0.4) is 0 Å². The van der Waals surface area contributed by atoms with Crippen molar-refractivity contribution in [3.05, 3.63) is 23.8 Å². The average Bonchev–Trinajstić information content (AvgIpc) is 2.98. The Morgan fingerprint density at radius 3 is 3.00 bits per heavy atom. The molecule has 1 N–H and O–H groups in total. The van der Waals surface area contributed by atoms with Gasteiger partial charge in [0.05, 0.1) is 12.5 Å². The van der Waals surface area contributed by atoms with Crippen LogP contribution in [-0.2, 0) is 11.3 Å². The molecule has 1 saturated carbocycles. The van der Waals surface area contributed by atoms with E-state index >= 15 is 0 Å². The minimum atomic E-state index is -0.0364. The van der Waals surface area contributed by atoms with Gasteiger partial charge in [0.25, 0.3) is 0 Å². The van der Waals surface area contributed by atoms with E-state index in [1.165, 1.54) is 0 Å². The maximum atomic E-state index is 12.8. The molecule has 1 aromatic carbocycles. The lowest BCUT2D eigenvalue weighted by atomic mass is 9.82. The Bertz CT molecular complexity index is 669. The third-order valence-electron chi connectivity index (χ3n) is 4.70. The molecule has 2 fully saturated rings. The van der Waals surface area contributed by atoms with E-state index in [-0.39, 0.29) is 30.0 Å². The van der Waals surface area contributed by atoms with Gasteiger partial charge in [-0.1, -0.05) is 6.07 Å². The van der Waals surface area contributed by atoms with Crippen LogP contribution >= 0.6 is 23.8 Å². The molecule has 1 aliphatic carbocycles. The van der Waals surface area contributed by atoms with Crippen molar-refractivity contribution in [3.8, 4) is 11.5 Å². The van der Waals surface area contributed by atoms with Crippen LogP contribution in [0.1, 0.15) is 24.8 Å². The first-order chi connectivity index (χ1) is 11.1. The molecule has 3 atom stereocenters. The highest BCUT2D eigenvalue weighted by Gasteiger charge is 2.42. The SMILES string of the molecule is O=C1C2CCC(Cl)CC2NC(=S)N1Cc1ccc2c(c1)OCO2. The Kier molecular flexibility index (Phi) is 3.81. The second-order valence-electron chi connectivity index (χ2n) is 6.18. The molecule has 4 rings (SSSR count). The van der Waals surface area contributed by atoms with E-state index in [1.54, 1.807) is 4.90 Å². The molecule has 1 amide bonds. The van der Waals surface area contributed by atoms with E-state index in [2.05, 4.69) is 5.32 Å². The smallest absolute Gasteiger partial charge is 0.234 e. The maximum absolute atomic E-state index is 12.8. The Hall–Kier alpha value is -1.53. The van der Waals surface area contributed by atoms with Crippen molar-refractivity contribution in [2.45, 2.75) is 37.2 Å². The summed E-state index contributed by atoms with van der Waals surface area (Å²) in [6.45, 7) is 0.680. The number of carbonyl (C=O) groups is 1. The number of ether oxygens (including phenoxy) is 2. The summed E-state index contributed by atoms with van der Waals surface area (Å²) in [4.78, 5) is 14.5. The predicted octanol–water partition coefficient (Wildman–Crippen LogP) is 2.41. The lowest BCUT2D eigenvalue weighted by molar-refractivity contribution is -0.135. The molecule has 3 unspecified atom stereocenters. The molecule has 0 aromatic heterocycles. The van der Waals surface area contributed by atoms with Gasteiger partial charge >= 0.3 is 0 Å². The van der Waals surface area contributed by atoms with Crippen molar-refractivity contribution in [2.75, 3.05) is 6.79 Å². The average molecular weight is 353 g/mol. The molecular formula is C16H17ClN2O3S. The summed E-state index contributed by atoms with van der Waals surface area (Å²) >= 11 is 11.6. The van der Waals surface area contributed by atoms with E-state index in [9.17, 15) is 4.79 Å². The van der Waals surface area contributed by atoms with Crippen LogP contribution in [0.25, 0.3) is 0 Å². The summed E-state index contributed by atoms with van der Waals surface area (Å²) in [5.41, 5.74) is 0.969. The number of nitrogens with one attached hydrogen (secondary N) is 1. The fourth-order valence-electron chi connectivity index (χ4n) is 3.48. The standard InChI is InChI=1S/C16H17ClN2O3S/c17-10-2-3-11-12(6-10)18-16(23)19(15(11)20)7-9-1-4-13-14(5-9)22-8-21-13/h1,4-5,10-12H,2-3,6-8H2,(H,18,23). The van der Waals surface area contributed by atoms with Gasteiger partial charge in [0.1, 0.15) is 0 Å². The van der Waals surface area contributed by atoms with Gasteiger partial charge in [0.15, 0.2) is 16.6 Å². The second-order valence-corrected chi connectivity index (χ2v) is 7.19. The van der Waals surface area contributed by atoms with Gasteiger partial charge < -0.3 is 14.8 Å². The van der Waals surface area contributed by atoms with Crippen LogP contribution in [0.2, 0.25) is 0 Å². The highest BCUT2D eigenvalue weighted by atomic mass is 35.5. The van der Waals surface area contributed by atoms with Gasteiger partial charge in [0.2, 0.25) is 12.7 Å². The second kappa shape index (κ2) is 5.83. The predicted molar refractivity (Wildman–Crippen MR) is 89.6 cm³/mol. The zero-order valence-corrected chi connectivity index (χ0v) is 14.0. The van der Waals surface area contributed by atoms with Gasteiger partial charge in [-0.25, -0.2) is 0 Å². The lowest BCUT2D eigenvalue weighted by Crippen LogP contribution is -2.61. The molecule has 0 bridgehead atoms. The number of carbonyl (C=O) groups excluding carboxylic acids is 1. The van der Waals surface area contributed by atoms with Gasteiger partial charge in [0, 0.05) is 11.4 Å². The minimum absolute atomic E-state index is 0.0364. The van der Waals surface area contributed by atoms with Gasteiger partial charge in [-0.2, -0.15) is 0 Å². The van der Waals surface area contributed by atoms with Crippen LogP contribution < -0.4 is 14.8 Å². The first kappa shape index (κ1) is 15.0. The Labute approximate surface area is 144 Å². The van der Waals surface area contributed by atoms with Gasteiger partial charge in [-0.15, -0.1) is 11.6 Å². The summed E-state index contributed by atoms with van der Waals surface area (Å²) in [7, 11) is 0. The largest absolute Gasteiger partial charge is 0.454 e. The van der Waals surface area contributed by atoms with Gasteiger partial charge in [-0.05, 0) is 49.2 Å². The van der Waals surface area contributed by atoms with Crippen molar-refractivity contribution in [1.82, 2.24) is 10.2 Å². The summed E-state index contributed by atoms with van der Waals surface area (Å²) in [6, 6.07) is 5.77. The first-order valence-electron chi connectivity index (χ1n) is 7.76. The van der Waals surface area contributed by atoms with Gasteiger partial charge in [-0.3, -0.25) is 9.69 Å². The highest BCUT2D eigenvalue weighted by Crippen LogP contribution is 2.35. The number of hydrogen-bond donors (Lipinski definition) is 1. The lowest BCUT2D eigenvalue weighted by Gasteiger charge is -2.42. The monoisotopic (exact) mass is 352 g/mol. The van der Waals surface area contributed by atoms with Crippen LogP contribution in [0, 0.1) is 5.92 Å². The fourth-order valence-corrected chi connectivity index (χ4v) is 4.11. The van der Waals surface area contributed by atoms with Crippen molar-refractivity contribution in [2.24, 2.45) is 5.92 Å². The van der Waals surface area contributed by atoms with Crippen LogP contribution in [0.15, 0.2) is 18.2 Å². The quantitative estimate of drug-likeness (QED) is 0.654. The minimum Gasteiger partial charge on any atom is -0.454 e. The number of nitrogens with zero attached hydrogens (tertiary/aromatic N) is 1. The molecular weight excluding hydrogens is 336 g/mol. The van der Waals surface area contributed by atoms with Crippen molar-refractivity contribution in [1.29, 1.82) is 0 Å². The summed E-state index contributed by atoms with van der Waals surface area (Å²) in [5.74, 6) is 1.51. The van der Waals surface area contributed by atoms with E-state index in [0.717, 1.165) is 30.6 Å². The number of amides is 1. The molecule has 7 heteroatoms. The zero-order chi connectivity index (χ0) is 16.0. The maximum Gasteiger partial charge on any atom is 0.234 e. The Morgan fingerprint density at radius 2 is 2.13 bits per heavy atom. The topological polar surface area (TPSA) is 50.8 Å². The van der Waals surface area contributed by atoms with Crippen LogP contribution in [0.4, 0.5) is 0 Å². The van der Waals surface area contributed by atoms with E-state index < -0.39 is 0 Å². The first-order valence-corrected chi connectivity index (χ1v) is 8.61. The summed E-state index contributed by atoms with van der Waals surface area (Å²) < 4.78 is 10.7. The molecule has 5 nitrogen and oxygen atoms in total. The number of rotatable bonds is 2. The Balaban J connectivity index is 1.52. The van der Waals surface area contributed by atoms with Crippen LogP contribution in [-0.4, -0.2) is 34.1 Å². The summed E-state index contributed by atoms with van der Waals surface area (Å²) in [5, 5.41) is 3.91. The molecule has 122 valence electrons. The molecule has 2 aliphatic heterocycles. The molecule has 1 saturated heterocycles. The van der Waals surface area contributed by atoms with Crippen molar-refractivity contribution in [3.63, 3.8) is 0 Å². The van der Waals surface area contributed by atoms with E-state index in [4.69, 9.17) is 33.3 Å². The van der Waals surface area contributed by atoms with Crippen molar-refractivity contribution < 1.29 is 14.3 Å². The zero-order valence-electron chi connectivity index (χ0n) is 12.5. The third kappa shape index (κ3) is 2.74. The van der Waals surface area contributed by atoms with Crippen LogP contribution in [0.5, 0.6) is 11.5 Å². The molecule has 3 aliphatic rings.